The van der Waals surface area contributed by atoms with Gasteiger partial charge in [0.05, 0.1) is 24.5 Å². The summed E-state index contributed by atoms with van der Waals surface area (Å²) < 4.78 is 23.4. The highest BCUT2D eigenvalue weighted by molar-refractivity contribution is 5.51. The van der Waals surface area contributed by atoms with E-state index in [4.69, 9.17) is 18.9 Å². The van der Waals surface area contributed by atoms with Crippen LogP contribution in [0.15, 0.2) is 36.5 Å². The van der Waals surface area contributed by atoms with E-state index >= 15 is 0 Å². The molecule has 6 nitrogen and oxygen atoms in total. The van der Waals surface area contributed by atoms with Gasteiger partial charge in [0, 0.05) is 18.1 Å². The fourth-order valence-electron chi connectivity index (χ4n) is 2.77. The lowest BCUT2D eigenvalue weighted by Gasteiger charge is -2.24. The Bertz CT molecular complexity index is 752. The molecule has 0 unspecified atom stereocenters. The van der Waals surface area contributed by atoms with E-state index in [0.29, 0.717) is 42.8 Å². The van der Waals surface area contributed by atoms with Crippen molar-refractivity contribution in [2.75, 3.05) is 13.2 Å². The van der Waals surface area contributed by atoms with Crippen LogP contribution in [0.4, 0.5) is 0 Å². The maximum Gasteiger partial charge on any atom is 0.213 e. The largest absolute Gasteiger partial charge is 0.486 e. The summed E-state index contributed by atoms with van der Waals surface area (Å²) in [4.78, 5) is 4.23. The Morgan fingerprint density at radius 3 is 2.74 bits per heavy atom. The minimum Gasteiger partial charge on any atom is -0.486 e. The van der Waals surface area contributed by atoms with Gasteiger partial charge >= 0.3 is 0 Å². The lowest BCUT2D eigenvalue weighted by Crippen LogP contribution is -2.23. The van der Waals surface area contributed by atoms with Crippen LogP contribution in [0.5, 0.6) is 23.1 Å². The number of aliphatic hydroxyl groups excluding tert-OH is 1. The van der Waals surface area contributed by atoms with Gasteiger partial charge < -0.3 is 24.1 Å². The number of benzene rings is 1. The molecule has 2 heterocycles. The average molecular weight is 373 g/mol. The third-order valence-electron chi connectivity index (χ3n) is 3.95. The average Bonchev–Trinajstić information content (AvgIpc) is 2.98. The first-order chi connectivity index (χ1) is 12.8. The molecule has 1 aromatic heterocycles. The maximum absolute atomic E-state index is 9.26. The summed E-state index contributed by atoms with van der Waals surface area (Å²) in [6, 6.07) is 9.34. The van der Waals surface area contributed by atoms with Gasteiger partial charge in [0.25, 0.3) is 0 Å². The molecule has 2 aromatic rings. The quantitative estimate of drug-likeness (QED) is 0.781. The molecular formula is C21H27NO5. The van der Waals surface area contributed by atoms with Crippen molar-refractivity contribution in [1.29, 1.82) is 0 Å². The van der Waals surface area contributed by atoms with Gasteiger partial charge in [-0.15, -0.1) is 0 Å². The van der Waals surface area contributed by atoms with Crippen molar-refractivity contribution in [2.24, 2.45) is 0 Å². The SMILES string of the molecule is C[C@H](O)CCOc1ccc(Oc2cccc3c2OC[C@H]3OC(C)(C)C)cn1. The topological polar surface area (TPSA) is 70.0 Å². The summed E-state index contributed by atoms with van der Waals surface area (Å²) in [5.41, 5.74) is 0.744. The minimum atomic E-state index is -0.390. The number of hydrogen-bond donors (Lipinski definition) is 1. The zero-order valence-electron chi connectivity index (χ0n) is 16.3. The second-order valence-corrected chi connectivity index (χ2v) is 7.62. The van der Waals surface area contributed by atoms with E-state index < -0.39 is 0 Å². The Morgan fingerprint density at radius 1 is 1.26 bits per heavy atom. The number of aliphatic hydroxyl groups is 1. The van der Waals surface area contributed by atoms with Crippen LogP contribution in [-0.2, 0) is 4.74 Å². The molecule has 0 amide bonds. The van der Waals surface area contributed by atoms with Crippen LogP contribution in [-0.4, -0.2) is 35.0 Å². The summed E-state index contributed by atoms with van der Waals surface area (Å²) in [7, 11) is 0. The van der Waals surface area contributed by atoms with E-state index in [2.05, 4.69) is 4.98 Å². The van der Waals surface area contributed by atoms with Gasteiger partial charge in [0.15, 0.2) is 11.5 Å². The van der Waals surface area contributed by atoms with Crippen molar-refractivity contribution in [3.05, 3.63) is 42.1 Å². The number of rotatable bonds is 7. The zero-order valence-corrected chi connectivity index (χ0v) is 16.3. The number of ether oxygens (including phenoxy) is 4. The molecule has 0 saturated carbocycles. The van der Waals surface area contributed by atoms with Crippen LogP contribution >= 0.6 is 0 Å². The third kappa shape index (κ3) is 5.34. The second-order valence-electron chi connectivity index (χ2n) is 7.62. The van der Waals surface area contributed by atoms with Crippen molar-refractivity contribution in [3.63, 3.8) is 0 Å². The fourth-order valence-corrected chi connectivity index (χ4v) is 2.77. The summed E-state index contributed by atoms with van der Waals surface area (Å²) in [5.74, 6) is 2.44. The molecule has 1 N–H and O–H groups in total. The van der Waals surface area contributed by atoms with Crippen molar-refractivity contribution < 1.29 is 24.1 Å². The Hall–Kier alpha value is -2.31. The van der Waals surface area contributed by atoms with Crippen molar-refractivity contribution >= 4 is 0 Å². The van der Waals surface area contributed by atoms with Gasteiger partial charge in [-0.2, -0.15) is 0 Å². The van der Waals surface area contributed by atoms with Crippen molar-refractivity contribution in [3.8, 4) is 23.1 Å². The molecule has 1 aliphatic heterocycles. The highest BCUT2D eigenvalue weighted by Crippen LogP contribution is 2.44. The Morgan fingerprint density at radius 2 is 2.07 bits per heavy atom. The van der Waals surface area contributed by atoms with Crippen molar-refractivity contribution in [1.82, 2.24) is 4.98 Å². The molecule has 0 fully saturated rings. The van der Waals surface area contributed by atoms with E-state index in [0.717, 1.165) is 5.56 Å². The van der Waals surface area contributed by atoms with Crippen LogP contribution in [0.25, 0.3) is 0 Å². The van der Waals surface area contributed by atoms with Gasteiger partial charge in [0.2, 0.25) is 5.88 Å². The van der Waals surface area contributed by atoms with Gasteiger partial charge in [-0.05, 0) is 39.8 Å². The highest BCUT2D eigenvalue weighted by atomic mass is 16.6. The van der Waals surface area contributed by atoms with Gasteiger partial charge in [0.1, 0.15) is 18.5 Å². The molecule has 1 aromatic carbocycles. The van der Waals surface area contributed by atoms with E-state index in [1.165, 1.54) is 0 Å². The van der Waals surface area contributed by atoms with Crippen LogP contribution in [0.3, 0.4) is 0 Å². The Labute approximate surface area is 160 Å². The van der Waals surface area contributed by atoms with E-state index in [1.54, 1.807) is 25.3 Å². The molecule has 6 heteroatoms. The molecule has 27 heavy (non-hydrogen) atoms. The molecule has 0 bridgehead atoms. The van der Waals surface area contributed by atoms with E-state index in [1.807, 2.05) is 39.0 Å². The number of hydrogen-bond acceptors (Lipinski definition) is 6. The van der Waals surface area contributed by atoms with E-state index in [-0.39, 0.29) is 17.8 Å². The summed E-state index contributed by atoms with van der Waals surface area (Å²) in [5, 5.41) is 9.26. The van der Waals surface area contributed by atoms with Gasteiger partial charge in [-0.3, -0.25) is 0 Å². The molecular weight excluding hydrogens is 346 g/mol. The molecule has 146 valence electrons. The predicted octanol–water partition coefficient (Wildman–Crippen LogP) is 4.27. The number of aromatic nitrogens is 1. The first kappa shape index (κ1) is 19.5. The minimum absolute atomic E-state index is 0.105. The van der Waals surface area contributed by atoms with Gasteiger partial charge in [-0.1, -0.05) is 12.1 Å². The highest BCUT2D eigenvalue weighted by Gasteiger charge is 2.31. The Kier molecular flexibility index (Phi) is 5.87. The second kappa shape index (κ2) is 8.15. The standard InChI is InChI=1S/C21H27NO5/c1-14(23)10-11-24-19-9-8-15(12-22-19)26-17-7-5-6-16-18(13-25-20(16)17)27-21(2,3)4/h5-9,12,14,18,23H,10-11,13H2,1-4H3/t14-,18+/m0/s1. The normalized spacial score (nSPS) is 17.1. The fraction of sp³-hybridized carbons (Fsp3) is 0.476. The third-order valence-corrected chi connectivity index (χ3v) is 3.95. The van der Waals surface area contributed by atoms with Crippen molar-refractivity contribution in [2.45, 2.75) is 51.9 Å². The number of fused-ring (bicyclic) bond motifs is 1. The molecule has 0 spiro atoms. The molecule has 0 aliphatic carbocycles. The first-order valence-electron chi connectivity index (χ1n) is 9.20. The first-order valence-corrected chi connectivity index (χ1v) is 9.20. The number of para-hydroxylation sites is 1. The van der Waals surface area contributed by atoms with Gasteiger partial charge in [-0.25, -0.2) is 4.98 Å². The molecule has 3 rings (SSSR count). The van der Waals surface area contributed by atoms with Crippen LogP contribution < -0.4 is 14.2 Å². The lowest BCUT2D eigenvalue weighted by atomic mass is 10.1. The molecule has 2 atom stereocenters. The number of pyridine rings is 1. The summed E-state index contributed by atoms with van der Waals surface area (Å²) >= 11 is 0. The predicted molar refractivity (Wildman–Crippen MR) is 102 cm³/mol. The Balaban J connectivity index is 1.67. The number of nitrogens with zero attached hydrogens (tertiary/aromatic N) is 1. The van der Waals surface area contributed by atoms with Crippen LogP contribution in [0.1, 0.15) is 45.8 Å². The smallest absolute Gasteiger partial charge is 0.213 e. The van der Waals surface area contributed by atoms with Crippen LogP contribution in [0.2, 0.25) is 0 Å². The summed E-state index contributed by atoms with van der Waals surface area (Å²) in [6.07, 6.45) is 1.67. The van der Waals surface area contributed by atoms with E-state index in [9.17, 15) is 5.11 Å². The lowest BCUT2D eigenvalue weighted by molar-refractivity contribution is -0.0672. The maximum atomic E-state index is 9.26. The summed E-state index contributed by atoms with van der Waals surface area (Å²) in [6.45, 7) is 8.71. The molecule has 0 saturated heterocycles. The van der Waals surface area contributed by atoms with Crippen LogP contribution in [0, 0.1) is 0 Å². The molecule has 0 radical (unpaired) electrons. The zero-order chi connectivity index (χ0) is 19.4. The molecule has 1 aliphatic rings. The monoisotopic (exact) mass is 373 g/mol.